The molecule has 23 heavy (non-hydrogen) atoms. The van der Waals surface area contributed by atoms with Crippen LogP contribution >= 0.6 is 11.8 Å². The Labute approximate surface area is 137 Å². The van der Waals surface area contributed by atoms with E-state index in [1.165, 1.54) is 19.9 Å². The number of nitrogens with one attached hydrogen (secondary N) is 1. The summed E-state index contributed by atoms with van der Waals surface area (Å²) in [6.45, 7) is 6.29. The van der Waals surface area contributed by atoms with Gasteiger partial charge in [0, 0.05) is 12.5 Å². The summed E-state index contributed by atoms with van der Waals surface area (Å²) in [5.74, 6) is -0.116. The second-order valence-electron chi connectivity index (χ2n) is 6.17. The molecule has 0 bridgehead atoms. The first kappa shape index (κ1) is 19.8. The van der Waals surface area contributed by atoms with Crippen LogP contribution in [0.3, 0.4) is 0 Å². The molecule has 1 rings (SSSR count). The van der Waals surface area contributed by atoms with Gasteiger partial charge in [-0.15, -0.1) is 11.8 Å². The molecule has 1 aromatic rings. The number of carbonyl (C=O) groups excluding carboxylic acids is 1. The summed E-state index contributed by atoms with van der Waals surface area (Å²) >= 11 is 1.14. The Kier molecular flexibility index (Phi) is 6.14. The zero-order valence-electron chi connectivity index (χ0n) is 13.5. The van der Waals surface area contributed by atoms with Crippen molar-refractivity contribution in [3.05, 3.63) is 11.8 Å². The molecule has 0 fully saturated rings. The Morgan fingerprint density at radius 2 is 1.96 bits per heavy atom. The summed E-state index contributed by atoms with van der Waals surface area (Å²) in [5.41, 5.74) is -0.933. The van der Waals surface area contributed by atoms with Gasteiger partial charge in [-0.25, -0.2) is 0 Å². The van der Waals surface area contributed by atoms with Crippen LogP contribution in [0.5, 0.6) is 0 Å². The Hall–Kier alpha value is -1.22. The van der Waals surface area contributed by atoms with Gasteiger partial charge in [-0.05, 0) is 39.9 Å². The number of rotatable bonds is 7. The maximum absolute atomic E-state index is 12.2. The summed E-state index contributed by atoms with van der Waals surface area (Å²) in [6, 6.07) is 1.41. The van der Waals surface area contributed by atoms with Crippen LogP contribution in [-0.4, -0.2) is 32.8 Å². The number of nitrogens with zero attached hydrogens (tertiary/aromatic N) is 1. The smallest absolute Gasteiger partial charge is 0.384 e. The van der Waals surface area contributed by atoms with Crippen molar-refractivity contribution in [2.45, 2.75) is 57.1 Å². The lowest BCUT2D eigenvalue weighted by molar-refractivity contribution is -0.134. The highest BCUT2D eigenvalue weighted by atomic mass is 32.2. The van der Waals surface area contributed by atoms with E-state index in [2.05, 4.69) is 10.5 Å². The summed E-state index contributed by atoms with van der Waals surface area (Å²) in [6.07, 6.45) is -5.09. The molecule has 1 amide bonds. The van der Waals surface area contributed by atoms with Crippen LogP contribution in [0.1, 0.15) is 46.2 Å². The number of aromatic nitrogens is 1. The maximum atomic E-state index is 12.2. The van der Waals surface area contributed by atoms with Gasteiger partial charge in [0.15, 0.2) is 0 Å². The van der Waals surface area contributed by atoms with Crippen LogP contribution in [0.4, 0.5) is 19.1 Å². The quantitative estimate of drug-likeness (QED) is 0.731. The molecule has 9 heteroatoms. The van der Waals surface area contributed by atoms with Crippen molar-refractivity contribution in [1.82, 2.24) is 5.16 Å². The van der Waals surface area contributed by atoms with Crippen molar-refractivity contribution < 1.29 is 27.6 Å². The van der Waals surface area contributed by atoms with E-state index >= 15 is 0 Å². The van der Waals surface area contributed by atoms with Gasteiger partial charge in [0.05, 0.1) is 4.75 Å². The van der Waals surface area contributed by atoms with E-state index in [0.717, 1.165) is 11.8 Å². The molecule has 2 N–H and O–H groups in total. The molecular weight excluding hydrogens is 333 g/mol. The summed E-state index contributed by atoms with van der Waals surface area (Å²) in [4.78, 5) is 12.2. The average molecular weight is 354 g/mol. The Balaban J connectivity index is 2.53. The predicted molar refractivity (Wildman–Crippen MR) is 82.2 cm³/mol. The standard InChI is InChI=1S/C14H21F3N2O3S/c1-12(2,21)9-8-10(22-19-9)18-11(20)13(3,4)23-7-5-6-14(15,16)17/h8,21H,5-7H2,1-4H3,(H,18,20). The third-order valence-corrected chi connectivity index (χ3v) is 4.39. The van der Waals surface area contributed by atoms with Crippen molar-refractivity contribution in [3.8, 4) is 0 Å². The van der Waals surface area contributed by atoms with Crippen molar-refractivity contribution >= 4 is 23.6 Å². The van der Waals surface area contributed by atoms with Gasteiger partial charge in [-0.2, -0.15) is 13.2 Å². The highest BCUT2D eigenvalue weighted by Crippen LogP contribution is 2.30. The predicted octanol–water partition coefficient (Wildman–Crippen LogP) is 3.69. The molecule has 0 aliphatic carbocycles. The lowest BCUT2D eigenvalue weighted by atomic mass is 10.1. The number of carbonyl (C=O) groups is 1. The molecule has 1 aromatic heterocycles. The first-order valence-electron chi connectivity index (χ1n) is 7.03. The van der Waals surface area contributed by atoms with E-state index in [9.17, 15) is 23.1 Å². The fraction of sp³-hybridized carbons (Fsp3) is 0.714. The summed E-state index contributed by atoms with van der Waals surface area (Å²) < 4.78 is 40.3. The zero-order chi connectivity index (χ0) is 17.9. The SMILES string of the molecule is CC(C)(SCCCC(F)(F)F)C(=O)Nc1cc(C(C)(C)O)no1. The first-order valence-corrected chi connectivity index (χ1v) is 8.01. The van der Waals surface area contributed by atoms with Crippen molar-refractivity contribution in [2.75, 3.05) is 11.1 Å². The normalized spacial score (nSPS) is 13.2. The number of amides is 1. The molecule has 0 aliphatic heterocycles. The minimum atomic E-state index is -4.18. The fourth-order valence-corrected chi connectivity index (χ4v) is 2.53. The largest absolute Gasteiger partial charge is 0.389 e. The van der Waals surface area contributed by atoms with E-state index in [1.807, 2.05) is 0 Å². The number of thioether (sulfide) groups is 1. The molecule has 0 atom stereocenters. The number of hydrogen-bond donors (Lipinski definition) is 2. The molecule has 0 saturated heterocycles. The summed E-state index contributed by atoms with van der Waals surface area (Å²) in [5, 5.41) is 15.9. The molecule has 0 aliphatic rings. The average Bonchev–Trinajstić information content (AvgIpc) is 2.82. The molecule has 1 heterocycles. The Morgan fingerprint density at radius 3 is 2.43 bits per heavy atom. The van der Waals surface area contributed by atoms with Crippen LogP contribution in [0, 0.1) is 0 Å². The van der Waals surface area contributed by atoms with E-state index in [-0.39, 0.29) is 23.8 Å². The number of alkyl halides is 3. The zero-order valence-corrected chi connectivity index (χ0v) is 14.3. The van der Waals surface area contributed by atoms with Gasteiger partial charge >= 0.3 is 6.18 Å². The van der Waals surface area contributed by atoms with E-state index in [0.29, 0.717) is 0 Å². The number of halogens is 3. The highest BCUT2D eigenvalue weighted by Gasteiger charge is 2.31. The number of hydrogen-bond acceptors (Lipinski definition) is 5. The van der Waals surface area contributed by atoms with Gasteiger partial charge in [-0.3, -0.25) is 10.1 Å². The fourth-order valence-electron chi connectivity index (χ4n) is 1.55. The first-order chi connectivity index (χ1) is 10.3. The molecule has 0 radical (unpaired) electrons. The van der Waals surface area contributed by atoms with Crippen molar-refractivity contribution in [3.63, 3.8) is 0 Å². The monoisotopic (exact) mass is 354 g/mol. The molecule has 5 nitrogen and oxygen atoms in total. The Bertz CT molecular complexity index is 536. The van der Waals surface area contributed by atoms with Crippen LogP contribution < -0.4 is 5.32 Å². The lowest BCUT2D eigenvalue weighted by Crippen LogP contribution is -2.34. The topological polar surface area (TPSA) is 75.4 Å². The molecule has 132 valence electrons. The number of aliphatic hydroxyl groups is 1. The van der Waals surface area contributed by atoms with Crippen LogP contribution in [0.2, 0.25) is 0 Å². The molecule has 0 spiro atoms. The van der Waals surface area contributed by atoms with Crippen LogP contribution in [-0.2, 0) is 10.4 Å². The van der Waals surface area contributed by atoms with Crippen molar-refractivity contribution in [1.29, 1.82) is 0 Å². The molecule has 0 unspecified atom stereocenters. The van der Waals surface area contributed by atoms with E-state index < -0.39 is 28.9 Å². The second-order valence-corrected chi connectivity index (χ2v) is 7.88. The molecule has 0 saturated carbocycles. The molecular formula is C14H21F3N2O3S. The van der Waals surface area contributed by atoms with E-state index in [1.54, 1.807) is 13.8 Å². The van der Waals surface area contributed by atoms with Crippen LogP contribution in [0.25, 0.3) is 0 Å². The lowest BCUT2D eigenvalue weighted by Gasteiger charge is -2.22. The maximum Gasteiger partial charge on any atom is 0.389 e. The third kappa shape index (κ3) is 6.82. The minimum absolute atomic E-state index is 0.0456. The van der Waals surface area contributed by atoms with Crippen LogP contribution in [0.15, 0.2) is 10.6 Å². The highest BCUT2D eigenvalue weighted by molar-refractivity contribution is 8.01. The van der Waals surface area contributed by atoms with Gasteiger partial charge in [0.2, 0.25) is 11.8 Å². The van der Waals surface area contributed by atoms with Gasteiger partial charge < -0.3 is 9.63 Å². The third-order valence-electron chi connectivity index (χ3n) is 2.99. The summed E-state index contributed by atoms with van der Waals surface area (Å²) in [7, 11) is 0. The molecule has 0 aromatic carbocycles. The Morgan fingerprint density at radius 1 is 1.35 bits per heavy atom. The second kappa shape index (κ2) is 7.12. The van der Waals surface area contributed by atoms with Gasteiger partial charge in [0.25, 0.3) is 0 Å². The number of anilines is 1. The van der Waals surface area contributed by atoms with E-state index in [4.69, 9.17) is 4.52 Å². The minimum Gasteiger partial charge on any atom is -0.384 e. The van der Waals surface area contributed by atoms with Gasteiger partial charge in [-0.1, -0.05) is 5.16 Å². The van der Waals surface area contributed by atoms with Gasteiger partial charge in [0.1, 0.15) is 11.3 Å². The van der Waals surface area contributed by atoms with Crippen molar-refractivity contribution in [2.24, 2.45) is 0 Å².